The third-order valence-corrected chi connectivity index (χ3v) is 29.2. The van der Waals surface area contributed by atoms with Gasteiger partial charge in [-0.3, -0.25) is 34.2 Å². The van der Waals surface area contributed by atoms with Crippen LogP contribution in [0.3, 0.4) is 0 Å². The van der Waals surface area contributed by atoms with Crippen LogP contribution in [0.5, 0.6) is 0 Å². The third kappa shape index (κ3) is 26.0. The molecule has 9 saturated heterocycles. The SMILES string of the molecule is CS(=O)(=O)C[C@H]1CN(C2CCN(C3=NN=C(N)C3)CC2)[C@@H](Cc2ccc(Cl)cc2)CO1.Cc1cc([C@H]2CN(C3CCN(C4=NN=C(N)C4)CC3)[C@@H](Cc3ccc(Cl)cc3)CO2)n[nH]1.NC1=NN=C(N2CCC(N3C[C@H](CN4CCCCC4=O)OC[C@@H]3Cc3ccc(Cl)cc3)CC2)C1.NC1=NN=C(N2CCC(N3C[C@H](Cn4cc(F)cn4)OC[C@@H]3Cc3ccc(Cl)cc3)CC2)C1. The molecule has 130 heavy (non-hydrogen) atoms. The van der Waals surface area contributed by atoms with E-state index in [2.05, 4.69) is 138 Å². The van der Waals surface area contributed by atoms with Crippen LogP contribution in [0.4, 0.5) is 4.39 Å². The first-order valence-electron chi connectivity index (χ1n) is 46.1. The summed E-state index contributed by atoms with van der Waals surface area (Å²) in [7, 11) is -3.10. The number of hydrogen-bond donors (Lipinski definition) is 5. The highest BCUT2D eigenvalue weighted by Crippen LogP contribution is 2.35. The van der Waals surface area contributed by atoms with Crippen molar-refractivity contribution in [1.29, 1.82) is 0 Å². The maximum atomic E-state index is 13.4. The molecule has 700 valence electrons. The monoisotopic (exact) mass is 1880 g/mol. The Morgan fingerprint density at radius 3 is 1.10 bits per heavy atom. The van der Waals surface area contributed by atoms with Gasteiger partial charge in [-0.15, -0.1) is 40.8 Å². The van der Waals surface area contributed by atoms with Crippen LogP contribution in [-0.2, 0) is 65.8 Å². The van der Waals surface area contributed by atoms with Gasteiger partial charge in [0, 0.05) is 178 Å². The van der Waals surface area contributed by atoms with Crippen LogP contribution in [-0.4, -0.2) is 322 Å². The van der Waals surface area contributed by atoms with Crippen molar-refractivity contribution in [3.05, 3.63) is 175 Å². The summed E-state index contributed by atoms with van der Waals surface area (Å²) in [6, 6.07) is 37.3. The molecular formula is C92H124Cl4FN25O7S. The second kappa shape index (κ2) is 44.4. The van der Waals surface area contributed by atoms with E-state index in [0.29, 0.717) is 138 Å². The van der Waals surface area contributed by atoms with E-state index in [0.717, 1.165) is 223 Å². The highest BCUT2D eigenvalue weighted by atomic mass is 35.5. The van der Waals surface area contributed by atoms with Crippen molar-refractivity contribution in [3.8, 4) is 0 Å². The summed E-state index contributed by atoms with van der Waals surface area (Å²) < 4.78 is 63.6. The fourth-order valence-corrected chi connectivity index (χ4v) is 21.8. The molecule has 1 amide bonds. The molecule has 0 saturated carbocycles. The van der Waals surface area contributed by atoms with E-state index in [9.17, 15) is 17.6 Å². The summed E-state index contributed by atoms with van der Waals surface area (Å²) in [6.07, 6.45) is 21.0. The number of morpholine rings is 4. The summed E-state index contributed by atoms with van der Waals surface area (Å²) in [5, 5.41) is 47.5. The second-order valence-corrected chi connectivity index (χ2v) is 40.6. The van der Waals surface area contributed by atoms with Crippen LogP contribution in [0.15, 0.2) is 156 Å². The molecule has 0 radical (unpaired) electrons. The lowest BCUT2D eigenvalue weighted by Gasteiger charge is -2.47. The molecular weight excluding hydrogens is 1760 g/mol. The Balaban J connectivity index is 0.000000127. The first-order chi connectivity index (χ1) is 62.9. The van der Waals surface area contributed by atoms with Gasteiger partial charge in [0.1, 0.15) is 62.6 Å². The van der Waals surface area contributed by atoms with Gasteiger partial charge in [-0.05, 0) is 174 Å². The summed E-state index contributed by atoms with van der Waals surface area (Å²) >= 11 is 24.3. The Kier molecular flexibility index (Phi) is 32.3. The molecule has 0 bridgehead atoms. The molecule has 9 fully saturated rings. The van der Waals surface area contributed by atoms with Crippen molar-refractivity contribution in [1.82, 2.24) is 64.1 Å². The number of halogens is 5. The number of likely N-dealkylation sites (tertiary alicyclic amines) is 5. The van der Waals surface area contributed by atoms with Crippen LogP contribution in [0, 0.1) is 12.7 Å². The molecule has 19 rings (SSSR count). The summed E-state index contributed by atoms with van der Waals surface area (Å²) in [6.45, 7) is 17.4. The lowest BCUT2D eigenvalue weighted by molar-refractivity contribution is -0.139. The molecule has 8 atom stereocenters. The number of H-pyrrole nitrogens is 1. The van der Waals surface area contributed by atoms with Crippen LogP contribution >= 0.6 is 46.4 Å². The molecule has 6 aromatic rings. The van der Waals surface area contributed by atoms with E-state index in [1.165, 1.54) is 40.9 Å². The van der Waals surface area contributed by atoms with Crippen molar-refractivity contribution >= 4 is 109 Å². The molecule has 4 aromatic carbocycles. The number of amidine groups is 8. The summed E-state index contributed by atoms with van der Waals surface area (Å²) in [4.78, 5) is 34.0. The first-order valence-corrected chi connectivity index (χ1v) is 49.6. The van der Waals surface area contributed by atoms with Crippen molar-refractivity contribution in [2.24, 2.45) is 63.7 Å². The molecule has 13 aliphatic rings. The Labute approximate surface area is 781 Å². The first kappa shape index (κ1) is 94.4. The van der Waals surface area contributed by atoms with E-state index in [1.54, 1.807) is 4.68 Å². The van der Waals surface area contributed by atoms with E-state index >= 15 is 0 Å². The zero-order valence-corrected chi connectivity index (χ0v) is 78.2. The van der Waals surface area contributed by atoms with Crippen LogP contribution in [0.25, 0.3) is 0 Å². The van der Waals surface area contributed by atoms with Crippen LogP contribution in [0.2, 0.25) is 20.1 Å². The van der Waals surface area contributed by atoms with Gasteiger partial charge in [-0.1, -0.05) is 94.9 Å². The van der Waals surface area contributed by atoms with E-state index < -0.39 is 9.84 Å². The minimum Gasteiger partial charge on any atom is -0.385 e. The fraction of sp³-hybridized carbons (Fsp3) is 0.576. The average Bonchev–Trinajstić information content (AvgIpc) is 1.58. The summed E-state index contributed by atoms with van der Waals surface area (Å²) in [5.74, 6) is 6.30. The number of carbonyl (C=O) groups is 1. The number of nitrogens with one attached hydrogen (secondary N) is 1. The molecule has 9 N–H and O–H groups in total. The minimum absolute atomic E-state index is 0.00754. The second-order valence-electron chi connectivity index (χ2n) is 36.7. The zero-order chi connectivity index (χ0) is 90.4. The Bertz CT molecular complexity index is 5150. The molecule has 0 unspecified atom stereocenters. The Morgan fingerprint density at radius 1 is 0.446 bits per heavy atom. The van der Waals surface area contributed by atoms with Gasteiger partial charge >= 0.3 is 0 Å². The number of rotatable bonds is 19. The number of amides is 1. The number of ether oxygens (including phenoxy) is 4. The number of aryl methyl sites for hydroxylation is 1. The minimum atomic E-state index is -3.10. The number of aromatic nitrogens is 4. The lowest BCUT2D eigenvalue weighted by atomic mass is 9.95. The number of aromatic amines is 1. The Hall–Kier alpha value is -8.75. The maximum Gasteiger partial charge on any atom is 0.222 e. The highest BCUT2D eigenvalue weighted by Gasteiger charge is 2.43. The van der Waals surface area contributed by atoms with Gasteiger partial charge in [0.05, 0.1) is 101 Å². The van der Waals surface area contributed by atoms with Gasteiger partial charge in [0.2, 0.25) is 5.91 Å². The van der Waals surface area contributed by atoms with E-state index in [1.807, 2.05) is 72.5 Å². The van der Waals surface area contributed by atoms with Crippen molar-refractivity contribution in [2.45, 2.75) is 208 Å². The average molecular weight is 1890 g/mol. The number of sulfone groups is 1. The molecule has 15 heterocycles. The molecule has 0 spiro atoms. The van der Waals surface area contributed by atoms with Gasteiger partial charge in [-0.2, -0.15) is 10.2 Å². The summed E-state index contributed by atoms with van der Waals surface area (Å²) in [5.41, 5.74) is 30.3. The zero-order valence-electron chi connectivity index (χ0n) is 74.4. The van der Waals surface area contributed by atoms with Gasteiger partial charge in [-0.25, -0.2) is 12.8 Å². The van der Waals surface area contributed by atoms with Crippen molar-refractivity contribution in [2.75, 3.05) is 130 Å². The molecule has 13 aliphatic heterocycles. The predicted molar refractivity (Wildman–Crippen MR) is 509 cm³/mol. The fourth-order valence-electron chi connectivity index (χ4n) is 20.5. The number of piperidine rings is 5. The van der Waals surface area contributed by atoms with E-state index in [4.69, 9.17) is 88.3 Å². The number of nitrogens with zero attached hydrogens (tertiary/aromatic N) is 20. The standard InChI is InChI=1S/C25H35ClN6O2.C23H29ClFN7O.C23H30ClN7O.C21H30ClN5O3S/c26-19-6-4-18(5-7-19)13-21-17-34-22(15-31-10-2-1-3-25(31)33)16-32(21)20-8-11-30(12-9-20)24-14-23(27)28-29-24;24-17-3-1-16(2-4-17)9-20-15-33-21(13-31-12-18(25)11-27-31)14-32(20)19-5-7-30(8-6-19)23-10-22(26)28-29-23;1-15-10-20(27-26-15)21-13-31(19(14-32-21)11-16-2-4-17(24)5-3-16)18-6-8-30(9-7-18)23-12-22(25)28-29-23;1-31(28,29)14-19-12-27(18(13-30-19)10-15-2-4-16(22)5-3-15)17-6-8-26(9-7-17)21-11-20(23)24-25-21/h4-7,20-22H,1-3,8-17H2,(H2,27,28);1-4,11-12,19-21H,5-10,13-15H2,(H2,26,28);2-5,10,18-19,21H,6-9,11-14H2,1H3,(H2,25,28)(H,26,27);2-5,17-19H,6-14H2,1H3,(H2,23,24)/t21-,22-;20-,21-;19-,21+;18-,19+/m0000/s1. The van der Waals surface area contributed by atoms with Crippen LogP contribution in [0.1, 0.15) is 136 Å². The number of nitrogens with two attached hydrogens (primary N) is 4. The van der Waals surface area contributed by atoms with Crippen LogP contribution < -0.4 is 22.9 Å². The number of hydrogen-bond acceptors (Lipinski definition) is 29. The maximum absolute atomic E-state index is 13.4. The third-order valence-electron chi connectivity index (χ3n) is 27.2. The molecule has 2 aromatic heterocycles. The molecule has 32 nitrogen and oxygen atoms in total. The van der Waals surface area contributed by atoms with Crippen molar-refractivity contribution in [3.63, 3.8) is 0 Å². The number of carbonyl (C=O) groups excluding carboxylic acids is 1. The highest BCUT2D eigenvalue weighted by molar-refractivity contribution is 7.90. The normalized spacial score (nSPS) is 25.8. The largest absolute Gasteiger partial charge is 0.385 e. The lowest BCUT2D eigenvalue weighted by Crippen LogP contribution is -2.59. The topological polar surface area (TPSA) is 367 Å². The smallest absolute Gasteiger partial charge is 0.222 e. The van der Waals surface area contributed by atoms with Gasteiger partial charge in [0.25, 0.3) is 0 Å². The van der Waals surface area contributed by atoms with Gasteiger partial charge in [0.15, 0.2) is 5.82 Å². The number of benzene rings is 4. The van der Waals surface area contributed by atoms with E-state index in [-0.39, 0.29) is 54.0 Å². The molecule has 0 aliphatic carbocycles. The van der Waals surface area contributed by atoms with Gasteiger partial charge < -0.3 is 66.4 Å². The molecule has 38 heteroatoms. The Morgan fingerprint density at radius 2 is 0.785 bits per heavy atom. The van der Waals surface area contributed by atoms with Crippen molar-refractivity contribution < 1.29 is 36.6 Å². The quantitative estimate of drug-likeness (QED) is 0.0503. The predicted octanol–water partition coefficient (Wildman–Crippen LogP) is 9.46.